The van der Waals surface area contributed by atoms with Gasteiger partial charge in [-0.05, 0) is 43.5 Å². The normalized spacial score (nSPS) is 17.1. The van der Waals surface area contributed by atoms with Gasteiger partial charge in [0.1, 0.15) is 0 Å². The molecule has 1 aliphatic rings. The smallest absolute Gasteiger partial charge is 0.317 e. The Kier molecular flexibility index (Phi) is 6.90. The molecule has 1 fully saturated rings. The minimum absolute atomic E-state index is 0.0109. The second-order valence-electron chi connectivity index (χ2n) is 6.65. The number of hydrogen-bond donors (Lipinski definition) is 1. The molecule has 144 valence electrons. The first-order valence-electron chi connectivity index (χ1n) is 9.05. The third-order valence-electron chi connectivity index (χ3n) is 4.67. The zero-order chi connectivity index (χ0) is 19.2. The lowest BCUT2D eigenvalue weighted by atomic mass is 10.1. The van der Waals surface area contributed by atoms with Gasteiger partial charge in [0, 0.05) is 36.7 Å². The molecule has 2 heterocycles. The number of nitrogens with one attached hydrogen (secondary N) is 1. The maximum absolute atomic E-state index is 12.5. The fraction of sp³-hybridized carbons (Fsp3) is 0.421. The monoisotopic (exact) mass is 451 g/mol. The molecule has 1 N–H and O–H groups in total. The number of aryl methyl sites for hydroxylation is 1. The molecule has 2 amide bonds. The molecule has 1 saturated heterocycles. The lowest BCUT2D eigenvalue weighted by Crippen LogP contribution is -2.57. The molecule has 0 radical (unpaired) electrons. The third kappa shape index (κ3) is 5.32. The van der Waals surface area contributed by atoms with Gasteiger partial charge in [-0.2, -0.15) is 5.10 Å². The SMILES string of the molecule is CC1CN(c2nnccc2Cl)CCN1C(=O)NCCCc1ccc(Br)cc1. The Morgan fingerprint density at radius 3 is 2.78 bits per heavy atom. The van der Waals surface area contributed by atoms with Crippen LogP contribution in [0.4, 0.5) is 10.6 Å². The van der Waals surface area contributed by atoms with E-state index in [1.165, 1.54) is 5.56 Å². The minimum atomic E-state index is -0.0109. The number of carbonyl (C=O) groups is 1. The van der Waals surface area contributed by atoms with E-state index in [9.17, 15) is 4.79 Å². The van der Waals surface area contributed by atoms with Crippen molar-refractivity contribution in [3.8, 4) is 0 Å². The fourth-order valence-corrected chi connectivity index (χ4v) is 3.69. The maximum atomic E-state index is 12.5. The molecule has 0 spiro atoms. The maximum Gasteiger partial charge on any atom is 0.317 e. The number of hydrogen-bond acceptors (Lipinski definition) is 4. The van der Waals surface area contributed by atoms with Crippen LogP contribution in [-0.2, 0) is 6.42 Å². The van der Waals surface area contributed by atoms with Crippen LogP contribution in [0.15, 0.2) is 41.0 Å². The number of anilines is 1. The first kappa shape index (κ1) is 19.9. The second kappa shape index (κ2) is 9.37. The van der Waals surface area contributed by atoms with Crippen molar-refractivity contribution in [3.05, 3.63) is 51.6 Å². The molecule has 0 saturated carbocycles. The predicted molar refractivity (Wildman–Crippen MR) is 111 cm³/mol. The van der Waals surface area contributed by atoms with Gasteiger partial charge in [-0.25, -0.2) is 4.79 Å². The van der Waals surface area contributed by atoms with Gasteiger partial charge in [-0.15, -0.1) is 5.10 Å². The zero-order valence-electron chi connectivity index (χ0n) is 15.2. The Bertz CT molecular complexity index is 773. The van der Waals surface area contributed by atoms with Crippen LogP contribution in [0.1, 0.15) is 18.9 Å². The second-order valence-corrected chi connectivity index (χ2v) is 7.98. The molecule has 0 bridgehead atoms. The van der Waals surface area contributed by atoms with Crippen LogP contribution in [0.25, 0.3) is 0 Å². The van der Waals surface area contributed by atoms with E-state index in [1.54, 1.807) is 12.3 Å². The van der Waals surface area contributed by atoms with Gasteiger partial charge in [0.25, 0.3) is 0 Å². The highest BCUT2D eigenvalue weighted by Gasteiger charge is 2.28. The Morgan fingerprint density at radius 2 is 2.07 bits per heavy atom. The van der Waals surface area contributed by atoms with Crippen LogP contribution in [0.2, 0.25) is 5.02 Å². The molecule has 3 rings (SSSR count). The minimum Gasteiger partial charge on any atom is -0.350 e. The molecule has 8 heteroatoms. The number of amides is 2. The molecule has 1 aromatic heterocycles. The van der Waals surface area contributed by atoms with Gasteiger partial charge in [-0.1, -0.05) is 39.7 Å². The van der Waals surface area contributed by atoms with Crippen molar-refractivity contribution in [2.45, 2.75) is 25.8 Å². The first-order valence-corrected chi connectivity index (χ1v) is 10.2. The summed E-state index contributed by atoms with van der Waals surface area (Å²) in [4.78, 5) is 16.5. The van der Waals surface area contributed by atoms with Crippen LogP contribution in [-0.4, -0.2) is 53.3 Å². The molecule has 0 aliphatic carbocycles. The highest BCUT2D eigenvalue weighted by Crippen LogP contribution is 2.24. The molecule has 1 aliphatic heterocycles. The van der Waals surface area contributed by atoms with E-state index in [-0.39, 0.29) is 12.1 Å². The van der Waals surface area contributed by atoms with Crippen LogP contribution in [0.3, 0.4) is 0 Å². The summed E-state index contributed by atoms with van der Waals surface area (Å²) in [6.07, 6.45) is 3.44. The molecule has 1 aromatic carbocycles. The van der Waals surface area contributed by atoms with Crippen molar-refractivity contribution in [1.29, 1.82) is 0 Å². The van der Waals surface area contributed by atoms with E-state index in [1.807, 2.05) is 24.0 Å². The van der Waals surface area contributed by atoms with Gasteiger partial charge in [0.15, 0.2) is 5.82 Å². The Balaban J connectivity index is 1.44. The van der Waals surface area contributed by atoms with Crippen molar-refractivity contribution in [3.63, 3.8) is 0 Å². The van der Waals surface area contributed by atoms with Gasteiger partial charge in [0.2, 0.25) is 0 Å². The van der Waals surface area contributed by atoms with Crippen LogP contribution < -0.4 is 10.2 Å². The number of piperazine rings is 1. The van der Waals surface area contributed by atoms with Crippen LogP contribution in [0.5, 0.6) is 0 Å². The van der Waals surface area contributed by atoms with E-state index in [4.69, 9.17) is 11.6 Å². The number of urea groups is 1. The van der Waals surface area contributed by atoms with Gasteiger partial charge < -0.3 is 15.1 Å². The third-order valence-corrected chi connectivity index (χ3v) is 5.50. The quantitative estimate of drug-likeness (QED) is 0.702. The topological polar surface area (TPSA) is 61.4 Å². The van der Waals surface area contributed by atoms with E-state index in [2.05, 4.69) is 48.5 Å². The fourth-order valence-electron chi connectivity index (χ4n) is 3.22. The van der Waals surface area contributed by atoms with Crippen molar-refractivity contribution < 1.29 is 4.79 Å². The van der Waals surface area contributed by atoms with E-state index in [0.29, 0.717) is 37.0 Å². The van der Waals surface area contributed by atoms with E-state index < -0.39 is 0 Å². The summed E-state index contributed by atoms with van der Waals surface area (Å²) in [6.45, 7) is 4.71. The van der Waals surface area contributed by atoms with E-state index >= 15 is 0 Å². The Labute approximate surface area is 173 Å². The standard InChI is InChI=1S/C19H23BrClN5O/c1-14-13-25(18-17(21)8-10-23-24-18)11-12-26(14)19(27)22-9-2-3-15-4-6-16(20)7-5-15/h4-8,10,14H,2-3,9,11-13H2,1H3,(H,22,27). The summed E-state index contributed by atoms with van der Waals surface area (Å²) in [7, 11) is 0. The Morgan fingerprint density at radius 1 is 1.30 bits per heavy atom. The molecular weight excluding hydrogens is 430 g/mol. The van der Waals surface area contributed by atoms with Crippen molar-refractivity contribution in [1.82, 2.24) is 20.4 Å². The van der Waals surface area contributed by atoms with Gasteiger partial charge >= 0.3 is 6.03 Å². The molecular formula is C19H23BrClN5O. The number of rotatable bonds is 5. The summed E-state index contributed by atoms with van der Waals surface area (Å²) >= 11 is 9.65. The number of halogens is 2. The summed E-state index contributed by atoms with van der Waals surface area (Å²) < 4.78 is 1.08. The first-order chi connectivity index (χ1) is 13.0. The molecule has 2 aromatic rings. The summed E-state index contributed by atoms with van der Waals surface area (Å²) in [5, 5.41) is 11.7. The molecule has 1 atom stereocenters. The number of benzene rings is 1. The van der Waals surface area contributed by atoms with Crippen molar-refractivity contribution in [2.24, 2.45) is 0 Å². The van der Waals surface area contributed by atoms with Crippen molar-refractivity contribution >= 4 is 39.4 Å². The predicted octanol–water partition coefficient (Wildman–Crippen LogP) is 3.75. The van der Waals surface area contributed by atoms with Crippen LogP contribution >= 0.6 is 27.5 Å². The Hall–Kier alpha value is -1.86. The number of carbonyl (C=O) groups excluding carboxylic acids is 1. The zero-order valence-corrected chi connectivity index (χ0v) is 17.6. The van der Waals surface area contributed by atoms with Crippen molar-refractivity contribution in [2.75, 3.05) is 31.1 Å². The molecule has 1 unspecified atom stereocenters. The number of aromatic nitrogens is 2. The number of nitrogens with zero attached hydrogens (tertiary/aromatic N) is 4. The molecule has 27 heavy (non-hydrogen) atoms. The van der Waals surface area contributed by atoms with Gasteiger partial charge in [0.05, 0.1) is 11.2 Å². The average Bonchev–Trinajstić information content (AvgIpc) is 2.67. The highest BCUT2D eigenvalue weighted by atomic mass is 79.9. The van der Waals surface area contributed by atoms with Gasteiger partial charge in [-0.3, -0.25) is 0 Å². The lowest BCUT2D eigenvalue weighted by molar-refractivity contribution is 0.171. The largest absolute Gasteiger partial charge is 0.350 e. The summed E-state index contributed by atoms with van der Waals surface area (Å²) in [6, 6.07) is 10.1. The lowest BCUT2D eigenvalue weighted by Gasteiger charge is -2.40. The molecule has 6 nitrogen and oxygen atoms in total. The van der Waals surface area contributed by atoms with E-state index in [0.717, 1.165) is 17.3 Å². The summed E-state index contributed by atoms with van der Waals surface area (Å²) in [5.74, 6) is 0.681. The average molecular weight is 453 g/mol. The highest BCUT2D eigenvalue weighted by molar-refractivity contribution is 9.10. The van der Waals surface area contributed by atoms with Crippen LogP contribution in [0, 0.1) is 0 Å². The summed E-state index contributed by atoms with van der Waals surface area (Å²) in [5.41, 5.74) is 1.27.